The maximum Gasteiger partial charge on any atom is 0.272 e. The smallest absolute Gasteiger partial charge is 0.272 e. The minimum absolute atomic E-state index is 0.267. The van der Waals surface area contributed by atoms with Gasteiger partial charge >= 0.3 is 0 Å². The molecule has 0 unspecified atom stereocenters. The van der Waals surface area contributed by atoms with E-state index in [0.717, 1.165) is 37.2 Å². The van der Waals surface area contributed by atoms with Crippen LogP contribution in [0.3, 0.4) is 0 Å². The van der Waals surface area contributed by atoms with Crippen molar-refractivity contribution in [3.8, 4) is 0 Å². The fourth-order valence-corrected chi connectivity index (χ4v) is 4.14. The van der Waals surface area contributed by atoms with E-state index >= 15 is 0 Å². The molecule has 3 aromatic carbocycles. The zero-order valence-corrected chi connectivity index (χ0v) is 18.6. The lowest BCUT2D eigenvalue weighted by molar-refractivity contribution is 0.0954. The van der Waals surface area contributed by atoms with E-state index < -0.39 is 0 Å². The minimum atomic E-state index is -0.267. The van der Waals surface area contributed by atoms with Gasteiger partial charge in [-0.2, -0.15) is 5.10 Å². The molecule has 150 valence electrons. The number of amides is 1. The van der Waals surface area contributed by atoms with Gasteiger partial charge in [-0.1, -0.05) is 60.1 Å². The SMILES string of the molecule is Cc1c(/C=N\NC(=O)c2ccccc2Br)c2ccccc2n1Cc1ccccc1Cl. The van der Waals surface area contributed by atoms with E-state index in [0.29, 0.717) is 12.1 Å². The Hall–Kier alpha value is -2.89. The van der Waals surface area contributed by atoms with Gasteiger partial charge in [-0.3, -0.25) is 4.79 Å². The molecule has 6 heteroatoms. The summed E-state index contributed by atoms with van der Waals surface area (Å²) in [6, 6.07) is 23.2. The summed E-state index contributed by atoms with van der Waals surface area (Å²) in [5.41, 5.74) is 7.31. The maximum absolute atomic E-state index is 12.4. The molecule has 4 nitrogen and oxygen atoms in total. The Morgan fingerprint density at radius 1 is 1.07 bits per heavy atom. The number of nitrogens with zero attached hydrogens (tertiary/aromatic N) is 2. The highest BCUT2D eigenvalue weighted by molar-refractivity contribution is 9.10. The molecule has 0 atom stereocenters. The van der Waals surface area contributed by atoms with Crippen molar-refractivity contribution in [2.24, 2.45) is 5.10 Å². The molecule has 0 radical (unpaired) electrons. The third-order valence-corrected chi connectivity index (χ3v) is 6.10. The molecule has 0 spiro atoms. The van der Waals surface area contributed by atoms with Gasteiger partial charge in [-0.15, -0.1) is 0 Å². The first-order chi connectivity index (χ1) is 14.6. The number of benzene rings is 3. The van der Waals surface area contributed by atoms with Crippen molar-refractivity contribution in [3.05, 3.63) is 105 Å². The summed E-state index contributed by atoms with van der Waals surface area (Å²) in [5.74, 6) is -0.267. The predicted molar refractivity (Wildman–Crippen MR) is 126 cm³/mol. The van der Waals surface area contributed by atoms with E-state index in [1.165, 1.54) is 0 Å². The zero-order valence-electron chi connectivity index (χ0n) is 16.3. The lowest BCUT2D eigenvalue weighted by Gasteiger charge is -2.10. The Balaban J connectivity index is 1.65. The van der Waals surface area contributed by atoms with Crippen molar-refractivity contribution in [2.45, 2.75) is 13.5 Å². The van der Waals surface area contributed by atoms with Gasteiger partial charge in [-0.25, -0.2) is 5.43 Å². The molecule has 1 N–H and O–H groups in total. The van der Waals surface area contributed by atoms with Crippen molar-refractivity contribution >= 4 is 50.6 Å². The molecule has 0 saturated heterocycles. The molecule has 0 aliphatic heterocycles. The molecule has 4 rings (SSSR count). The monoisotopic (exact) mass is 479 g/mol. The van der Waals surface area contributed by atoms with E-state index in [-0.39, 0.29) is 5.91 Å². The van der Waals surface area contributed by atoms with E-state index in [9.17, 15) is 4.79 Å². The molecule has 1 aromatic heterocycles. The lowest BCUT2D eigenvalue weighted by Crippen LogP contribution is -2.18. The Labute approximate surface area is 188 Å². The number of hydrogen-bond acceptors (Lipinski definition) is 2. The maximum atomic E-state index is 12.4. The number of rotatable bonds is 5. The van der Waals surface area contributed by atoms with Gasteiger partial charge in [0, 0.05) is 38.2 Å². The second kappa shape index (κ2) is 8.86. The van der Waals surface area contributed by atoms with Gasteiger partial charge < -0.3 is 4.57 Å². The Bertz CT molecular complexity index is 1260. The van der Waals surface area contributed by atoms with Crippen LogP contribution in [-0.2, 0) is 6.54 Å². The number of halogens is 2. The van der Waals surface area contributed by atoms with Crippen LogP contribution < -0.4 is 5.43 Å². The van der Waals surface area contributed by atoms with E-state index in [1.54, 1.807) is 12.3 Å². The number of aromatic nitrogens is 1. The number of carbonyl (C=O) groups is 1. The van der Waals surface area contributed by atoms with Crippen LogP contribution in [0.15, 0.2) is 82.4 Å². The highest BCUT2D eigenvalue weighted by atomic mass is 79.9. The topological polar surface area (TPSA) is 46.4 Å². The Morgan fingerprint density at radius 2 is 1.77 bits per heavy atom. The molecular weight excluding hydrogens is 462 g/mol. The highest BCUT2D eigenvalue weighted by Crippen LogP contribution is 2.27. The van der Waals surface area contributed by atoms with Crippen molar-refractivity contribution in [3.63, 3.8) is 0 Å². The standard InChI is InChI=1S/C24H19BrClN3O/c1-16-20(14-27-28-24(30)19-10-3-5-11-21(19)25)18-9-4-7-13-23(18)29(16)15-17-8-2-6-12-22(17)26/h2-14H,15H2,1H3,(H,28,30)/b27-14-. The molecule has 1 heterocycles. The van der Waals surface area contributed by atoms with E-state index in [1.807, 2.05) is 61.5 Å². The third-order valence-electron chi connectivity index (χ3n) is 5.04. The number of hydrogen-bond donors (Lipinski definition) is 1. The first kappa shape index (κ1) is 20.4. The highest BCUT2D eigenvalue weighted by Gasteiger charge is 2.14. The first-order valence-electron chi connectivity index (χ1n) is 9.45. The Kier molecular flexibility index (Phi) is 6.02. The quantitative estimate of drug-likeness (QED) is 0.269. The summed E-state index contributed by atoms with van der Waals surface area (Å²) in [7, 11) is 0. The van der Waals surface area contributed by atoms with E-state index in [4.69, 9.17) is 11.6 Å². The largest absolute Gasteiger partial charge is 0.340 e. The van der Waals surface area contributed by atoms with Crippen LogP contribution in [-0.4, -0.2) is 16.7 Å². The fourth-order valence-electron chi connectivity index (χ4n) is 3.48. The normalized spacial score (nSPS) is 11.3. The summed E-state index contributed by atoms with van der Waals surface area (Å²) < 4.78 is 2.94. The molecule has 1 amide bonds. The van der Waals surface area contributed by atoms with Gasteiger partial charge in [0.15, 0.2) is 0 Å². The number of carbonyl (C=O) groups excluding carboxylic acids is 1. The molecule has 0 fully saturated rings. The summed E-state index contributed by atoms with van der Waals surface area (Å²) in [4.78, 5) is 12.4. The Morgan fingerprint density at radius 3 is 2.57 bits per heavy atom. The van der Waals surface area contributed by atoms with E-state index in [2.05, 4.69) is 43.2 Å². The zero-order chi connectivity index (χ0) is 21.1. The van der Waals surface area contributed by atoms with Crippen LogP contribution in [0, 0.1) is 6.92 Å². The summed E-state index contributed by atoms with van der Waals surface area (Å²) in [6.07, 6.45) is 1.70. The number of fused-ring (bicyclic) bond motifs is 1. The van der Waals surface area contributed by atoms with Crippen LogP contribution in [0.2, 0.25) is 5.02 Å². The van der Waals surface area contributed by atoms with Crippen LogP contribution in [0.4, 0.5) is 0 Å². The van der Waals surface area contributed by atoms with Crippen LogP contribution in [0.5, 0.6) is 0 Å². The van der Waals surface area contributed by atoms with Crippen molar-refractivity contribution in [1.29, 1.82) is 0 Å². The van der Waals surface area contributed by atoms with Crippen LogP contribution >= 0.6 is 27.5 Å². The minimum Gasteiger partial charge on any atom is -0.340 e. The number of hydrazone groups is 1. The molecule has 30 heavy (non-hydrogen) atoms. The van der Waals surface area contributed by atoms with Gasteiger partial charge in [0.25, 0.3) is 5.91 Å². The number of para-hydroxylation sites is 1. The average molecular weight is 481 g/mol. The number of nitrogens with one attached hydrogen (secondary N) is 1. The second-order valence-electron chi connectivity index (χ2n) is 6.87. The fraction of sp³-hybridized carbons (Fsp3) is 0.0833. The van der Waals surface area contributed by atoms with Gasteiger partial charge in [-0.05, 0) is 52.7 Å². The van der Waals surface area contributed by atoms with Crippen molar-refractivity contribution < 1.29 is 4.79 Å². The van der Waals surface area contributed by atoms with Crippen molar-refractivity contribution in [1.82, 2.24) is 9.99 Å². The molecular formula is C24H19BrClN3O. The molecule has 0 aliphatic rings. The van der Waals surface area contributed by atoms with Crippen LogP contribution in [0.25, 0.3) is 10.9 Å². The predicted octanol–water partition coefficient (Wildman–Crippen LogP) is 6.18. The van der Waals surface area contributed by atoms with Crippen molar-refractivity contribution in [2.75, 3.05) is 0 Å². The van der Waals surface area contributed by atoms with Gasteiger partial charge in [0.05, 0.1) is 11.8 Å². The summed E-state index contributed by atoms with van der Waals surface area (Å²) in [5, 5.41) is 6.03. The third kappa shape index (κ3) is 4.04. The molecule has 4 aromatic rings. The lowest BCUT2D eigenvalue weighted by atomic mass is 10.1. The second-order valence-corrected chi connectivity index (χ2v) is 8.13. The molecule has 0 aliphatic carbocycles. The first-order valence-corrected chi connectivity index (χ1v) is 10.6. The summed E-state index contributed by atoms with van der Waals surface area (Å²) in [6.45, 7) is 2.71. The molecule has 0 bridgehead atoms. The van der Waals surface area contributed by atoms with Crippen LogP contribution in [0.1, 0.15) is 27.2 Å². The molecule has 0 saturated carbocycles. The van der Waals surface area contributed by atoms with Gasteiger partial charge in [0.2, 0.25) is 0 Å². The van der Waals surface area contributed by atoms with Gasteiger partial charge in [0.1, 0.15) is 0 Å². The summed E-state index contributed by atoms with van der Waals surface area (Å²) >= 11 is 9.77. The average Bonchev–Trinajstić information content (AvgIpc) is 3.01.